The zero-order chi connectivity index (χ0) is 19.9. The van der Waals surface area contributed by atoms with Gasteiger partial charge in [-0.2, -0.15) is 0 Å². The fourth-order valence-corrected chi connectivity index (χ4v) is 2.79. The van der Waals surface area contributed by atoms with Crippen molar-refractivity contribution in [2.75, 3.05) is 7.11 Å². The summed E-state index contributed by atoms with van der Waals surface area (Å²) in [6, 6.07) is 21.2. The van der Waals surface area contributed by atoms with Crippen LogP contribution in [-0.4, -0.2) is 18.2 Å². The van der Waals surface area contributed by atoms with Crippen LogP contribution in [0.25, 0.3) is 17.2 Å². The van der Waals surface area contributed by atoms with Crippen molar-refractivity contribution in [3.63, 3.8) is 0 Å². The van der Waals surface area contributed by atoms with Gasteiger partial charge in [0.1, 0.15) is 11.3 Å². The molecular weight excluding hydrogens is 348 g/mol. The van der Waals surface area contributed by atoms with Gasteiger partial charge >= 0.3 is 5.97 Å². The van der Waals surface area contributed by atoms with Crippen LogP contribution in [0.3, 0.4) is 0 Å². The number of ether oxygens (including phenoxy) is 1. The highest BCUT2D eigenvalue weighted by molar-refractivity contribution is 5.92. The van der Waals surface area contributed by atoms with Gasteiger partial charge in [-0.3, -0.25) is 0 Å². The third-order valence-corrected chi connectivity index (χ3v) is 4.29. The highest BCUT2D eigenvalue weighted by Crippen LogP contribution is 2.25. The van der Waals surface area contributed by atoms with Crippen molar-refractivity contribution in [3.05, 3.63) is 95.1 Å². The van der Waals surface area contributed by atoms with Crippen LogP contribution in [0.1, 0.15) is 27.0 Å². The molecule has 0 aromatic heterocycles. The van der Waals surface area contributed by atoms with Crippen molar-refractivity contribution in [3.8, 4) is 28.7 Å². The highest BCUT2D eigenvalue weighted by atomic mass is 16.5. The normalized spacial score (nSPS) is 10.4. The number of esters is 1. The number of hydrogen-bond acceptors (Lipinski definition) is 3. The molecule has 1 N–H and O–H groups in total. The van der Waals surface area contributed by atoms with E-state index in [9.17, 15) is 9.90 Å². The number of phenols is 1. The molecule has 3 heteroatoms. The second-order valence-corrected chi connectivity index (χ2v) is 6.28. The lowest BCUT2D eigenvalue weighted by molar-refractivity contribution is 0.0597. The molecule has 0 unspecified atom stereocenters. The van der Waals surface area contributed by atoms with Gasteiger partial charge in [0.05, 0.1) is 7.11 Å². The minimum atomic E-state index is -0.579. The van der Waals surface area contributed by atoms with E-state index in [2.05, 4.69) is 53.8 Å². The summed E-state index contributed by atoms with van der Waals surface area (Å²) in [7, 11) is 1.27. The smallest absolute Gasteiger partial charge is 0.341 e. The summed E-state index contributed by atoms with van der Waals surface area (Å²) < 4.78 is 4.61. The monoisotopic (exact) mass is 368 g/mol. The number of methoxy groups -OCH3 is 1. The van der Waals surface area contributed by atoms with E-state index in [1.54, 1.807) is 12.1 Å². The van der Waals surface area contributed by atoms with E-state index >= 15 is 0 Å². The van der Waals surface area contributed by atoms with Crippen LogP contribution in [0.15, 0.2) is 72.8 Å². The van der Waals surface area contributed by atoms with Crippen LogP contribution in [0.4, 0.5) is 0 Å². The van der Waals surface area contributed by atoms with Gasteiger partial charge in [-0.25, -0.2) is 4.79 Å². The molecule has 3 rings (SSSR count). The minimum absolute atomic E-state index is 0.121. The number of carbonyl (C=O) groups is 1. The molecular formula is C25H20O3. The van der Waals surface area contributed by atoms with Gasteiger partial charge in [-0.05, 0) is 54.0 Å². The second-order valence-electron chi connectivity index (χ2n) is 6.28. The van der Waals surface area contributed by atoms with E-state index in [1.165, 1.54) is 24.8 Å². The highest BCUT2D eigenvalue weighted by Gasteiger charge is 2.10. The quantitative estimate of drug-likeness (QED) is 0.509. The Labute approximate surface area is 164 Å². The Morgan fingerprint density at radius 1 is 1.04 bits per heavy atom. The summed E-state index contributed by atoms with van der Waals surface area (Å²) in [5, 5.41) is 9.92. The number of aromatic hydroxyl groups is 1. The lowest BCUT2D eigenvalue weighted by Gasteiger charge is -2.06. The molecule has 0 heterocycles. The molecule has 0 atom stereocenters. The summed E-state index contributed by atoms with van der Waals surface area (Å²) in [6.07, 6.45) is 3.74. The van der Waals surface area contributed by atoms with Crippen LogP contribution in [0.5, 0.6) is 5.75 Å². The van der Waals surface area contributed by atoms with Gasteiger partial charge in [0.2, 0.25) is 0 Å². The van der Waals surface area contributed by atoms with Crippen molar-refractivity contribution < 1.29 is 14.6 Å². The van der Waals surface area contributed by atoms with E-state index < -0.39 is 5.97 Å². The molecule has 0 saturated heterocycles. The zero-order valence-electron chi connectivity index (χ0n) is 15.8. The molecule has 0 saturated carbocycles. The number of hydrogen-bond donors (Lipinski definition) is 1. The Bertz CT molecular complexity index is 1080. The van der Waals surface area contributed by atoms with Crippen LogP contribution in [0, 0.1) is 18.8 Å². The number of phenolic OH excluding ortho intramolecular Hbond substituents is 1. The summed E-state index contributed by atoms with van der Waals surface area (Å²) in [5.74, 6) is 5.20. The van der Waals surface area contributed by atoms with Crippen molar-refractivity contribution in [1.29, 1.82) is 0 Å². The van der Waals surface area contributed by atoms with Gasteiger partial charge in [-0.1, -0.05) is 65.9 Å². The molecule has 3 nitrogen and oxygen atoms in total. The van der Waals surface area contributed by atoms with Gasteiger partial charge in [-0.15, -0.1) is 0 Å². The van der Waals surface area contributed by atoms with Gasteiger partial charge in [0, 0.05) is 5.56 Å². The van der Waals surface area contributed by atoms with E-state index in [-0.39, 0.29) is 11.3 Å². The van der Waals surface area contributed by atoms with E-state index in [0.29, 0.717) is 5.56 Å². The molecule has 0 bridgehead atoms. The molecule has 3 aromatic rings. The lowest BCUT2D eigenvalue weighted by atomic mass is 9.98. The standard InChI is InChI=1S/C25H20O3/c1-18-11-14-21(15-12-18)22-10-6-5-9-20(22)8-4-3-7-19-13-16-23(24(26)17-19)25(27)28-2/h4-6,8-17,26H,1-2H3. The molecule has 0 fully saturated rings. The van der Waals surface area contributed by atoms with E-state index in [1.807, 2.05) is 24.3 Å². The van der Waals surface area contributed by atoms with Crippen LogP contribution < -0.4 is 0 Å². The minimum Gasteiger partial charge on any atom is -0.507 e. The van der Waals surface area contributed by atoms with E-state index in [4.69, 9.17) is 0 Å². The molecule has 0 radical (unpaired) electrons. The topological polar surface area (TPSA) is 46.5 Å². The predicted molar refractivity (Wildman–Crippen MR) is 112 cm³/mol. The number of benzene rings is 3. The Hall–Kier alpha value is -3.77. The maximum absolute atomic E-state index is 11.5. The summed E-state index contributed by atoms with van der Waals surface area (Å²) in [4.78, 5) is 11.5. The molecule has 0 amide bonds. The van der Waals surface area contributed by atoms with Crippen molar-refractivity contribution in [2.45, 2.75) is 6.92 Å². The second kappa shape index (κ2) is 8.75. The number of allylic oxidation sites excluding steroid dienone is 1. The SMILES string of the molecule is COC(=O)c1ccc(C#CC=Cc2ccccc2-c2ccc(C)cc2)cc1O. The summed E-state index contributed by atoms with van der Waals surface area (Å²) in [5.41, 5.74) is 5.33. The van der Waals surface area contributed by atoms with Crippen molar-refractivity contribution in [2.24, 2.45) is 0 Å². The molecule has 138 valence electrons. The molecule has 0 spiro atoms. The van der Waals surface area contributed by atoms with Gasteiger partial charge in [0.15, 0.2) is 0 Å². The van der Waals surface area contributed by atoms with Gasteiger partial charge in [0.25, 0.3) is 0 Å². The lowest BCUT2D eigenvalue weighted by Crippen LogP contribution is -2.01. The Morgan fingerprint density at radius 3 is 2.50 bits per heavy atom. The fraction of sp³-hybridized carbons (Fsp3) is 0.0800. The summed E-state index contributed by atoms with van der Waals surface area (Å²) in [6.45, 7) is 2.07. The molecule has 28 heavy (non-hydrogen) atoms. The number of rotatable bonds is 3. The third kappa shape index (κ3) is 4.49. The summed E-state index contributed by atoms with van der Waals surface area (Å²) >= 11 is 0. The first kappa shape index (κ1) is 19.0. The maximum Gasteiger partial charge on any atom is 0.341 e. The molecule has 0 aliphatic rings. The number of aryl methyl sites for hydroxylation is 1. The molecule has 0 aliphatic carbocycles. The van der Waals surface area contributed by atoms with Crippen LogP contribution in [-0.2, 0) is 4.74 Å². The molecule has 0 aliphatic heterocycles. The molecule has 3 aromatic carbocycles. The fourth-order valence-electron chi connectivity index (χ4n) is 2.79. The Kier molecular flexibility index (Phi) is 5.94. The maximum atomic E-state index is 11.5. The van der Waals surface area contributed by atoms with Crippen molar-refractivity contribution >= 4 is 12.0 Å². The Morgan fingerprint density at radius 2 is 1.79 bits per heavy atom. The van der Waals surface area contributed by atoms with Crippen LogP contribution >= 0.6 is 0 Å². The van der Waals surface area contributed by atoms with Crippen molar-refractivity contribution in [1.82, 2.24) is 0 Å². The first-order valence-electron chi connectivity index (χ1n) is 8.84. The van der Waals surface area contributed by atoms with Crippen LogP contribution in [0.2, 0.25) is 0 Å². The Balaban J connectivity index is 1.81. The first-order chi connectivity index (χ1) is 13.6. The average Bonchev–Trinajstić information content (AvgIpc) is 2.72. The van der Waals surface area contributed by atoms with E-state index in [0.717, 1.165) is 16.7 Å². The first-order valence-corrected chi connectivity index (χ1v) is 8.84. The predicted octanol–water partition coefficient (Wildman–Crippen LogP) is 5.22. The average molecular weight is 368 g/mol. The third-order valence-electron chi connectivity index (χ3n) is 4.29. The van der Waals surface area contributed by atoms with Gasteiger partial charge < -0.3 is 9.84 Å². The zero-order valence-corrected chi connectivity index (χ0v) is 15.8. The largest absolute Gasteiger partial charge is 0.507 e. The number of carbonyl (C=O) groups excluding carboxylic acids is 1.